The molecule has 2 saturated heterocycles. The highest BCUT2D eigenvalue weighted by Crippen LogP contribution is 2.50. The number of hydrogen-bond acceptors (Lipinski definition) is 6. The SMILES string of the molecule is CCOC1COCCC1N[C@@H]1C[C@H]2CN(C(=O)NC(C)C)C[C@@]2(C(=O)N2CCc3ncc(C(F)(F)F)cc3C2)C1. The van der Waals surface area contributed by atoms with Crippen LogP contribution >= 0.6 is 0 Å². The van der Waals surface area contributed by atoms with E-state index in [9.17, 15) is 22.8 Å². The number of aromatic nitrogens is 1. The number of rotatable bonds is 6. The largest absolute Gasteiger partial charge is 0.417 e. The molecule has 3 aliphatic heterocycles. The lowest BCUT2D eigenvalue weighted by Gasteiger charge is -2.38. The highest BCUT2D eigenvalue weighted by molar-refractivity contribution is 5.86. The molecule has 4 heterocycles. The number of nitrogens with zero attached hydrogens (tertiary/aromatic N) is 3. The van der Waals surface area contributed by atoms with E-state index in [4.69, 9.17) is 9.47 Å². The van der Waals surface area contributed by atoms with Gasteiger partial charge in [0.1, 0.15) is 0 Å². The van der Waals surface area contributed by atoms with Crippen molar-refractivity contribution in [3.8, 4) is 0 Å². The number of carbonyl (C=O) groups is 2. The normalized spacial score (nSPS) is 30.4. The molecular weight excluding hydrogens is 527 g/mol. The van der Waals surface area contributed by atoms with E-state index >= 15 is 0 Å². The van der Waals surface area contributed by atoms with Crippen LogP contribution < -0.4 is 10.6 Å². The second-order valence-corrected chi connectivity index (χ2v) is 11.9. The fourth-order valence-electron chi connectivity index (χ4n) is 6.98. The third kappa shape index (κ3) is 5.80. The third-order valence-corrected chi connectivity index (χ3v) is 8.79. The fraction of sp³-hybridized carbons (Fsp3) is 0.750. The van der Waals surface area contributed by atoms with Gasteiger partial charge in [-0.1, -0.05) is 0 Å². The number of nitrogens with one attached hydrogen (secondary N) is 2. The Morgan fingerprint density at radius 3 is 2.83 bits per heavy atom. The first-order valence-corrected chi connectivity index (χ1v) is 14.4. The molecule has 40 heavy (non-hydrogen) atoms. The summed E-state index contributed by atoms with van der Waals surface area (Å²) < 4.78 is 51.6. The van der Waals surface area contributed by atoms with Crippen LogP contribution in [0.15, 0.2) is 12.3 Å². The summed E-state index contributed by atoms with van der Waals surface area (Å²) in [5.74, 6) is -0.139. The Morgan fingerprint density at radius 1 is 1.30 bits per heavy atom. The van der Waals surface area contributed by atoms with Crippen LogP contribution in [0.5, 0.6) is 0 Å². The maximum absolute atomic E-state index is 14.3. The van der Waals surface area contributed by atoms with E-state index in [0.717, 1.165) is 25.1 Å². The van der Waals surface area contributed by atoms with Gasteiger partial charge in [-0.3, -0.25) is 9.78 Å². The van der Waals surface area contributed by atoms with Crippen molar-refractivity contribution < 1.29 is 32.2 Å². The van der Waals surface area contributed by atoms with E-state index in [1.165, 1.54) is 0 Å². The van der Waals surface area contributed by atoms with Gasteiger partial charge < -0.3 is 29.9 Å². The van der Waals surface area contributed by atoms with E-state index in [2.05, 4.69) is 15.6 Å². The van der Waals surface area contributed by atoms with Gasteiger partial charge in [-0.05, 0) is 57.6 Å². The van der Waals surface area contributed by atoms with Crippen LogP contribution in [0.25, 0.3) is 0 Å². The van der Waals surface area contributed by atoms with Gasteiger partial charge in [0, 0.05) is 75.8 Å². The molecule has 5 atom stereocenters. The summed E-state index contributed by atoms with van der Waals surface area (Å²) in [5, 5.41) is 6.69. The van der Waals surface area contributed by atoms with Crippen LogP contribution in [0, 0.1) is 11.3 Å². The molecule has 12 heteroatoms. The van der Waals surface area contributed by atoms with Crippen LogP contribution in [0.2, 0.25) is 0 Å². The molecule has 2 unspecified atom stereocenters. The molecule has 3 amide bonds. The Kier molecular flexibility index (Phi) is 8.32. The number of hydrogen-bond donors (Lipinski definition) is 2. The standard InChI is InChI=1S/C28H40F3N5O4/c1-4-40-24-15-39-8-6-23(24)34-21-10-20-14-36(26(38)33-17(2)3)16-27(20,11-21)25(37)35-7-5-22-18(13-35)9-19(12-32-22)28(29,30)31/h9,12,17,20-21,23-24,34H,4-8,10-11,13-16H2,1-3H3,(H,33,38)/t20-,21+,23?,24?,27-/m0/s1. The third-order valence-electron chi connectivity index (χ3n) is 8.79. The van der Waals surface area contributed by atoms with Gasteiger partial charge in [0.15, 0.2) is 0 Å². The second kappa shape index (κ2) is 11.4. The second-order valence-electron chi connectivity index (χ2n) is 11.9. The van der Waals surface area contributed by atoms with Crippen molar-refractivity contribution >= 4 is 11.9 Å². The summed E-state index contributed by atoms with van der Waals surface area (Å²) in [6.45, 7) is 8.74. The molecule has 1 aromatic rings. The van der Waals surface area contributed by atoms with E-state index in [1.807, 2.05) is 20.8 Å². The lowest BCUT2D eigenvalue weighted by molar-refractivity contribution is -0.143. The quantitative estimate of drug-likeness (QED) is 0.549. The van der Waals surface area contributed by atoms with Gasteiger partial charge in [-0.2, -0.15) is 13.2 Å². The topological polar surface area (TPSA) is 96.0 Å². The molecule has 1 aliphatic carbocycles. The number of likely N-dealkylation sites (tertiary alicyclic amines) is 1. The summed E-state index contributed by atoms with van der Waals surface area (Å²) in [7, 11) is 0. The minimum atomic E-state index is -4.50. The highest BCUT2D eigenvalue weighted by atomic mass is 19.4. The van der Waals surface area contributed by atoms with Crippen molar-refractivity contribution in [2.24, 2.45) is 11.3 Å². The molecule has 4 aliphatic rings. The molecule has 5 rings (SSSR count). The molecule has 1 saturated carbocycles. The number of carbonyl (C=O) groups excluding carboxylic acids is 2. The van der Waals surface area contributed by atoms with Crippen molar-refractivity contribution in [1.29, 1.82) is 0 Å². The monoisotopic (exact) mass is 567 g/mol. The maximum Gasteiger partial charge on any atom is 0.417 e. The first kappa shape index (κ1) is 29.1. The van der Waals surface area contributed by atoms with Gasteiger partial charge >= 0.3 is 12.2 Å². The fourth-order valence-corrected chi connectivity index (χ4v) is 6.98. The van der Waals surface area contributed by atoms with Gasteiger partial charge in [-0.25, -0.2) is 4.79 Å². The predicted molar refractivity (Wildman–Crippen MR) is 140 cm³/mol. The zero-order valence-electron chi connectivity index (χ0n) is 23.4. The molecule has 0 bridgehead atoms. The number of urea groups is 1. The maximum atomic E-state index is 14.3. The molecule has 3 fully saturated rings. The average molecular weight is 568 g/mol. The molecule has 0 spiro atoms. The van der Waals surface area contributed by atoms with Crippen molar-refractivity contribution in [2.45, 2.75) is 83.4 Å². The first-order chi connectivity index (χ1) is 19.0. The van der Waals surface area contributed by atoms with Crippen molar-refractivity contribution in [3.63, 3.8) is 0 Å². The van der Waals surface area contributed by atoms with Crippen molar-refractivity contribution in [3.05, 3.63) is 29.1 Å². The van der Waals surface area contributed by atoms with E-state index in [0.29, 0.717) is 63.6 Å². The highest BCUT2D eigenvalue weighted by Gasteiger charge is 2.60. The van der Waals surface area contributed by atoms with Crippen LogP contribution in [0.3, 0.4) is 0 Å². The zero-order chi connectivity index (χ0) is 28.7. The average Bonchev–Trinajstić information content (AvgIpc) is 3.43. The van der Waals surface area contributed by atoms with Crippen LogP contribution in [-0.4, -0.2) is 90.4 Å². The number of fused-ring (bicyclic) bond motifs is 2. The Bertz CT molecular complexity index is 1100. The van der Waals surface area contributed by atoms with Gasteiger partial charge in [0.2, 0.25) is 5.91 Å². The summed E-state index contributed by atoms with van der Waals surface area (Å²) in [4.78, 5) is 34.8. The number of pyridine rings is 1. The van der Waals surface area contributed by atoms with Crippen LogP contribution in [0.4, 0.5) is 18.0 Å². The van der Waals surface area contributed by atoms with Crippen LogP contribution in [-0.2, 0) is 33.4 Å². The molecule has 9 nitrogen and oxygen atoms in total. The van der Waals surface area contributed by atoms with Gasteiger partial charge in [0.25, 0.3) is 0 Å². The van der Waals surface area contributed by atoms with E-state index in [-0.39, 0.29) is 48.6 Å². The number of amides is 3. The summed E-state index contributed by atoms with van der Waals surface area (Å²) in [6, 6.07) is 1.06. The van der Waals surface area contributed by atoms with Crippen molar-refractivity contribution in [1.82, 2.24) is 25.4 Å². The Hall–Kier alpha value is -2.44. The van der Waals surface area contributed by atoms with E-state index in [1.54, 1.807) is 9.80 Å². The van der Waals surface area contributed by atoms with Gasteiger partial charge in [0.05, 0.1) is 23.7 Å². The number of ether oxygens (including phenoxy) is 2. The first-order valence-electron chi connectivity index (χ1n) is 14.4. The Labute approximate surface area is 233 Å². The van der Waals surface area contributed by atoms with Gasteiger partial charge in [-0.15, -0.1) is 0 Å². The molecular formula is C28H40F3N5O4. The Balaban J connectivity index is 1.37. The van der Waals surface area contributed by atoms with Crippen molar-refractivity contribution in [2.75, 3.05) is 39.5 Å². The van der Waals surface area contributed by atoms with E-state index < -0.39 is 17.2 Å². The summed E-state index contributed by atoms with van der Waals surface area (Å²) in [5.41, 5.74) is -0.572. The molecule has 222 valence electrons. The lowest BCUT2D eigenvalue weighted by atomic mass is 9.78. The zero-order valence-corrected chi connectivity index (χ0v) is 23.4. The minimum Gasteiger partial charge on any atom is -0.379 e. The Morgan fingerprint density at radius 2 is 2.10 bits per heavy atom. The predicted octanol–water partition coefficient (Wildman–Crippen LogP) is 2.97. The number of alkyl halides is 3. The van der Waals surface area contributed by atoms with Crippen LogP contribution in [0.1, 0.15) is 56.9 Å². The molecule has 0 aromatic carbocycles. The smallest absolute Gasteiger partial charge is 0.379 e. The lowest BCUT2D eigenvalue weighted by Crippen LogP contribution is -2.53. The summed E-state index contributed by atoms with van der Waals surface area (Å²) in [6.07, 6.45) is -1.19. The number of halogens is 3. The minimum absolute atomic E-state index is 0.0352. The molecule has 2 N–H and O–H groups in total. The molecule has 1 aromatic heterocycles. The molecule has 0 radical (unpaired) electrons. The summed E-state index contributed by atoms with van der Waals surface area (Å²) >= 11 is 0.